The van der Waals surface area contributed by atoms with Crippen molar-refractivity contribution >= 4 is 17.8 Å². The Kier molecular flexibility index (Phi) is 8.33. The molecule has 0 aromatic heterocycles. The quantitative estimate of drug-likeness (QED) is 0.527. The molecule has 0 saturated heterocycles. The van der Waals surface area contributed by atoms with E-state index >= 15 is 0 Å². The van der Waals surface area contributed by atoms with Crippen molar-refractivity contribution in [2.24, 2.45) is 0 Å². The molecule has 0 atom stereocenters. The van der Waals surface area contributed by atoms with E-state index in [1.54, 1.807) is 30.3 Å². The third kappa shape index (κ3) is 7.93. The van der Waals surface area contributed by atoms with Crippen LogP contribution in [0.5, 0.6) is 0 Å². The highest BCUT2D eigenvalue weighted by Gasteiger charge is 2.18. The third-order valence-electron chi connectivity index (χ3n) is 2.52. The number of hydrogen-bond acceptors (Lipinski definition) is 6. The summed E-state index contributed by atoms with van der Waals surface area (Å²) in [6.45, 7) is 1.25. The minimum absolute atomic E-state index is 0.0479. The lowest BCUT2D eigenvalue weighted by Gasteiger charge is -2.20. The Morgan fingerprint density at radius 2 is 1.70 bits per heavy atom. The molecule has 0 heterocycles. The van der Waals surface area contributed by atoms with Gasteiger partial charge in [-0.25, -0.2) is 4.79 Å². The van der Waals surface area contributed by atoms with Crippen LogP contribution >= 0.6 is 0 Å². The van der Waals surface area contributed by atoms with Crippen molar-refractivity contribution in [1.29, 1.82) is 0 Å². The maximum Gasteiger partial charge on any atom is 0.329 e. The number of rotatable bonds is 9. The molecule has 8 heteroatoms. The molecule has 0 radical (unpaired) electrons. The summed E-state index contributed by atoms with van der Waals surface area (Å²) in [7, 11) is 0. The number of ether oxygens (including phenoxy) is 2. The minimum Gasteiger partial charge on any atom is -0.480 e. The molecule has 0 aliphatic heterocycles. The van der Waals surface area contributed by atoms with Gasteiger partial charge < -0.3 is 19.4 Å². The monoisotopic (exact) mass is 325 g/mol. The Labute approximate surface area is 133 Å². The van der Waals surface area contributed by atoms with Gasteiger partial charge in [-0.2, -0.15) is 5.06 Å². The molecule has 1 rings (SSSR count). The summed E-state index contributed by atoms with van der Waals surface area (Å²) in [5, 5.41) is 9.31. The van der Waals surface area contributed by atoms with Crippen LogP contribution in [-0.4, -0.2) is 61.0 Å². The van der Waals surface area contributed by atoms with E-state index < -0.39 is 24.5 Å². The zero-order valence-corrected chi connectivity index (χ0v) is 12.8. The summed E-state index contributed by atoms with van der Waals surface area (Å²) in [6, 6.07) is 8.40. The second-order valence-electron chi connectivity index (χ2n) is 4.41. The number of benzene rings is 1. The molecule has 0 aliphatic rings. The Balaban J connectivity index is 2.39. The summed E-state index contributed by atoms with van der Waals surface area (Å²) in [5.74, 6) is -2.12. The van der Waals surface area contributed by atoms with Gasteiger partial charge in [0.2, 0.25) is 0 Å². The number of carboxylic acids is 1. The molecule has 0 aliphatic carbocycles. The average Bonchev–Trinajstić information content (AvgIpc) is 2.52. The van der Waals surface area contributed by atoms with Crippen molar-refractivity contribution in [2.45, 2.75) is 6.92 Å². The van der Waals surface area contributed by atoms with Crippen LogP contribution in [0, 0.1) is 0 Å². The molecule has 0 fully saturated rings. The SMILES string of the molecule is CC(=O)ON(CCOCCOCC(=O)O)C(=O)c1ccccc1. The van der Waals surface area contributed by atoms with Gasteiger partial charge in [0, 0.05) is 12.5 Å². The molecular formula is C15H19NO7. The third-order valence-corrected chi connectivity index (χ3v) is 2.52. The number of aliphatic carboxylic acids is 1. The Morgan fingerprint density at radius 1 is 1.04 bits per heavy atom. The summed E-state index contributed by atoms with van der Waals surface area (Å²) in [6.07, 6.45) is 0. The first-order valence-corrected chi connectivity index (χ1v) is 6.93. The van der Waals surface area contributed by atoms with Crippen molar-refractivity contribution in [1.82, 2.24) is 5.06 Å². The van der Waals surface area contributed by atoms with Crippen LogP contribution in [0.4, 0.5) is 0 Å². The molecule has 0 bridgehead atoms. The van der Waals surface area contributed by atoms with Gasteiger partial charge in [0.25, 0.3) is 5.91 Å². The highest BCUT2D eigenvalue weighted by molar-refractivity contribution is 5.94. The molecule has 0 unspecified atom stereocenters. The van der Waals surface area contributed by atoms with Gasteiger partial charge in [0.15, 0.2) is 0 Å². The fourth-order valence-corrected chi connectivity index (χ4v) is 1.60. The van der Waals surface area contributed by atoms with E-state index in [2.05, 4.69) is 0 Å². The highest BCUT2D eigenvalue weighted by atomic mass is 16.7. The van der Waals surface area contributed by atoms with Crippen molar-refractivity contribution in [3.05, 3.63) is 35.9 Å². The molecule has 0 saturated carbocycles. The van der Waals surface area contributed by atoms with Gasteiger partial charge in [-0.3, -0.25) is 9.59 Å². The van der Waals surface area contributed by atoms with E-state index in [1.807, 2.05) is 0 Å². The van der Waals surface area contributed by atoms with E-state index in [9.17, 15) is 14.4 Å². The first kappa shape index (κ1) is 18.6. The summed E-state index contributed by atoms with van der Waals surface area (Å²) >= 11 is 0. The zero-order chi connectivity index (χ0) is 17.1. The lowest BCUT2D eigenvalue weighted by Crippen LogP contribution is -2.35. The lowest BCUT2D eigenvalue weighted by molar-refractivity contribution is -0.177. The van der Waals surface area contributed by atoms with Crippen molar-refractivity contribution in [3.8, 4) is 0 Å². The van der Waals surface area contributed by atoms with Crippen LogP contribution in [0.15, 0.2) is 30.3 Å². The molecular weight excluding hydrogens is 306 g/mol. The maximum atomic E-state index is 12.2. The predicted molar refractivity (Wildman–Crippen MR) is 78.5 cm³/mol. The zero-order valence-electron chi connectivity index (χ0n) is 12.8. The topological polar surface area (TPSA) is 102 Å². The van der Waals surface area contributed by atoms with Crippen LogP contribution in [0.25, 0.3) is 0 Å². The van der Waals surface area contributed by atoms with Gasteiger partial charge in [-0.15, -0.1) is 0 Å². The second-order valence-corrected chi connectivity index (χ2v) is 4.41. The molecule has 1 amide bonds. The summed E-state index contributed by atoms with van der Waals surface area (Å²) in [5.41, 5.74) is 0.388. The van der Waals surface area contributed by atoms with Gasteiger partial charge in [0.05, 0.1) is 26.4 Å². The number of hydroxylamine groups is 2. The largest absolute Gasteiger partial charge is 0.480 e. The number of carboxylic acid groups (broad SMARTS) is 1. The summed E-state index contributed by atoms with van der Waals surface area (Å²) in [4.78, 5) is 38.4. The number of amides is 1. The van der Waals surface area contributed by atoms with Crippen LogP contribution in [0.2, 0.25) is 0 Å². The first-order valence-electron chi connectivity index (χ1n) is 6.93. The molecule has 1 aromatic carbocycles. The number of carbonyl (C=O) groups is 3. The number of hydrogen-bond donors (Lipinski definition) is 1. The van der Waals surface area contributed by atoms with Crippen molar-refractivity contribution in [3.63, 3.8) is 0 Å². The molecule has 1 aromatic rings. The van der Waals surface area contributed by atoms with E-state index in [0.717, 1.165) is 5.06 Å². The summed E-state index contributed by atoms with van der Waals surface area (Å²) < 4.78 is 10.0. The van der Waals surface area contributed by atoms with Crippen molar-refractivity contribution < 1.29 is 33.8 Å². The van der Waals surface area contributed by atoms with Crippen LogP contribution in [0.1, 0.15) is 17.3 Å². The number of carbonyl (C=O) groups excluding carboxylic acids is 2. The van der Waals surface area contributed by atoms with E-state index in [-0.39, 0.29) is 26.4 Å². The molecule has 126 valence electrons. The Hall–Kier alpha value is -2.45. The van der Waals surface area contributed by atoms with Gasteiger partial charge in [-0.05, 0) is 12.1 Å². The van der Waals surface area contributed by atoms with Gasteiger partial charge in [-0.1, -0.05) is 18.2 Å². The Morgan fingerprint density at radius 3 is 2.30 bits per heavy atom. The lowest BCUT2D eigenvalue weighted by atomic mass is 10.2. The minimum atomic E-state index is -1.06. The smallest absolute Gasteiger partial charge is 0.329 e. The van der Waals surface area contributed by atoms with Crippen LogP contribution in [0.3, 0.4) is 0 Å². The van der Waals surface area contributed by atoms with E-state index in [1.165, 1.54) is 6.92 Å². The number of nitrogens with zero attached hydrogens (tertiary/aromatic N) is 1. The highest BCUT2D eigenvalue weighted by Crippen LogP contribution is 2.05. The van der Waals surface area contributed by atoms with Crippen molar-refractivity contribution in [2.75, 3.05) is 33.0 Å². The first-order chi connectivity index (χ1) is 11.0. The molecule has 8 nitrogen and oxygen atoms in total. The fourth-order valence-electron chi connectivity index (χ4n) is 1.60. The van der Waals surface area contributed by atoms with E-state index in [0.29, 0.717) is 5.56 Å². The second kappa shape index (κ2) is 10.3. The molecule has 0 spiro atoms. The normalized spacial score (nSPS) is 10.1. The molecule has 1 N–H and O–H groups in total. The van der Waals surface area contributed by atoms with Gasteiger partial charge in [0.1, 0.15) is 6.61 Å². The fraction of sp³-hybridized carbons (Fsp3) is 0.400. The van der Waals surface area contributed by atoms with Gasteiger partial charge >= 0.3 is 11.9 Å². The maximum absolute atomic E-state index is 12.2. The van der Waals surface area contributed by atoms with E-state index in [4.69, 9.17) is 19.4 Å². The van der Waals surface area contributed by atoms with Crippen LogP contribution in [-0.2, 0) is 23.9 Å². The standard InChI is InChI=1S/C15H19NO7/c1-12(17)23-16(15(20)13-5-3-2-4-6-13)7-8-21-9-10-22-11-14(18)19/h2-6H,7-11H2,1H3,(H,18,19). The average molecular weight is 325 g/mol. The molecule has 23 heavy (non-hydrogen) atoms. The van der Waals surface area contributed by atoms with Crippen LogP contribution < -0.4 is 0 Å². The Bertz CT molecular complexity index is 518. The predicted octanol–water partition coefficient (Wildman–Crippen LogP) is 0.725.